The Hall–Kier alpha value is -3.35. The molecule has 0 spiro atoms. The normalized spacial score (nSPS) is 11.7. The molecule has 3 aromatic rings. The largest absolute Gasteiger partial charge is 0.418 e. The number of hydrogen-bond donors (Lipinski definition) is 1. The van der Waals surface area contributed by atoms with Crippen molar-refractivity contribution in [1.82, 2.24) is 10.2 Å². The number of hydrogen-bond acceptors (Lipinski definition) is 4. The average molecular weight is 392 g/mol. The van der Waals surface area contributed by atoms with Crippen LogP contribution in [-0.2, 0) is 0 Å². The van der Waals surface area contributed by atoms with Gasteiger partial charge in [0.2, 0.25) is 17.5 Å². The van der Waals surface area contributed by atoms with E-state index in [1.807, 2.05) is 13.0 Å². The quantitative estimate of drug-likeness (QED) is 0.497. The molecule has 2 aromatic carbocycles. The third kappa shape index (κ3) is 3.83. The molecule has 6 nitrogen and oxygen atoms in total. The number of anilines is 1. The van der Waals surface area contributed by atoms with Crippen molar-refractivity contribution in [2.45, 2.75) is 26.8 Å². The molecule has 0 bridgehead atoms. The van der Waals surface area contributed by atoms with E-state index in [4.69, 9.17) is 29.2 Å². The standard InChI is InChI=1S/C21H18ClN5O/c1-12(2)19(25-16-10-11-17(24-5)18(22)13(16)3)21-27-26-20(28-21)14-6-8-15(23-4)9-7-14/h6-12,19,25H,1-3H3/t19-/m1/s1. The Balaban J connectivity index is 1.90. The Bertz CT molecular complexity index is 1070. The SMILES string of the molecule is [C-]#[N+]c1ccc(-c2nnc([C@H](Nc3ccc([N+]#[C-])c(Cl)c3C)C(C)C)o2)cc1. The molecular formula is C21H18ClN5O. The van der Waals surface area contributed by atoms with Gasteiger partial charge in [0.25, 0.3) is 0 Å². The van der Waals surface area contributed by atoms with Crippen molar-refractivity contribution < 1.29 is 4.42 Å². The van der Waals surface area contributed by atoms with Gasteiger partial charge in [0.15, 0.2) is 5.69 Å². The fourth-order valence-corrected chi connectivity index (χ4v) is 2.96. The van der Waals surface area contributed by atoms with Gasteiger partial charge < -0.3 is 9.73 Å². The van der Waals surface area contributed by atoms with E-state index in [9.17, 15) is 0 Å². The zero-order chi connectivity index (χ0) is 20.3. The second kappa shape index (κ2) is 8.12. The minimum absolute atomic E-state index is 0.163. The first-order valence-electron chi connectivity index (χ1n) is 8.69. The van der Waals surface area contributed by atoms with Gasteiger partial charge in [-0.2, -0.15) is 0 Å². The molecule has 3 rings (SSSR count). The summed E-state index contributed by atoms with van der Waals surface area (Å²) in [4.78, 5) is 6.81. The number of halogens is 1. The van der Waals surface area contributed by atoms with Crippen LogP contribution in [0.2, 0.25) is 5.02 Å². The summed E-state index contributed by atoms with van der Waals surface area (Å²) in [5, 5.41) is 12.2. The molecule has 0 aliphatic carbocycles. The zero-order valence-corrected chi connectivity index (χ0v) is 16.4. The van der Waals surface area contributed by atoms with Gasteiger partial charge in [-0.15, -0.1) is 10.2 Å². The lowest BCUT2D eigenvalue weighted by Gasteiger charge is -2.22. The summed E-state index contributed by atoms with van der Waals surface area (Å²) in [5.74, 6) is 1.03. The van der Waals surface area contributed by atoms with E-state index >= 15 is 0 Å². The summed E-state index contributed by atoms with van der Waals surface area (Å²) in [6, 6.07) is 10.3. The predicted molar refractivity (Wildman–Crippen MR) is 110 cm³/mol. The second-order valence-corrected chi connectivity index (χ2v) is 7.03. The fourth-order valence-electron chi connectivity index (χ4n) is 2.75. The van der Waals surface area contributed by atoms with Gasteiger partial charge in [-0.25, -0.2) is 9.69 Å². The van der Waals surface area contributed by atoms with Crippen LogP contribution in [0.1, 0.15) is 31.3 Å². The molecule has 0 aliphatic rings. The lowest BCUT2D eigenvalue weighted by Crippen LogP contribution is -2.18. The van der Waals surface area contributed by atoms with Gasteiger partial charge in [0, 0.05) is 11.3 Å². The van der Waals surface area contributed by atoms with E-state index in [0.717, 1.165) is 16.8 Å². The van der Waals surface area contributed by atoms with Crippen molar-refractivity contribution in [1.29, 1.82) is 0 Å². The Labute approximate surface area is 168 Å². The Morgan fingerprint density at radius 1 is 1.04 bits per heavy atom. The van der Waals surface area contributed by atoms with E-state index in [1.165, 1.54) is 0 Å². The molecule has 1 N–H and O–H groups in total. The maximum atomic E-state index is 7.18. The highest BCUT2D eigenvalue weighted by Crippen LogP contribution is 2.36. The van der Waals surface area contributed by atoms with Crippen LogP contribution in [0.4, 0.5) is 17.1 Å². The van der Waals surface area contributed by atoms with Crippen LogP contribution < -0.4 is 5.32 Å². The van der Waals surface area contributed by atoms with Crippen molar-refractivity contribution in [2.24, 2.45) is 5.92 Å². The highest BCUT2D eigenvalue weighted by molar-refractivity contribution is 6.34. The summed E-state index contributed by atoms with van der Waals surface area (Å²) in [5.41, 5.74) is 3.36. The van der Waals surface area contributed by atoms with Crippen LogP contribution in [-0.4, -0.2) is 10.2 Å². The smallest absolute Gasteiger partial charge is 0.247 e. The van der Waals surface area contributed by atoms with Crippen LogP contribution in [0.5, 0.6) is 0 Å². The number of aromatic nitrogens is 2. The molecule has 1 heterocycles. The Morgan fingerprint density at radius 3 is 2.36 bits per heavy atom. The van der Waals surface area contributed by atoms with Crippen molar-refractivity contribution in [3.63, 3.8) is 0 Å². The van der Waals surface area contributed by atoms with E-state index in [-0.39, 0.29) is 12.0 Å². The monoisotopic (exact) mass is 391 g/mol. The van der Waals surface area contributed by atoms with E-state index in [0.29, 0.717) is 28.2 Å². The molecule has 28 heavy (non-hydrogen) atoms. The third-order valence-corrected chi connectivity index (χ3v) is 4.89. The summed E-state index contributed by atoms with van der Waals surface area (Å²) in [6.07, 6.45) is 0. The van der Waals surface area contributed by atoms with E-state index in [2.05, 4.69) is 39.1 Å². The summed E-state index contributed by atoms with van der Waals surface area (Å²) >= 11 is 6.29. The Kier molecular flexibility index (Phi) is 5.63. The van der Waals surface area contributed by atoms with Crippen molar-refractivity contribution in [3.8, 4) is 11.5 Å². The number of nitrogens with one attached hydrogen (secondary N) is 1. The molecule has 0 amide bonds. The molecular weight excluding hydrogens is 374 g/mol. The summed E-state index contributed by atoms with van der Waals surface area (Å²) in [6.45, 7) is 20.2. The Morgan fingerprint density at radius 2 is 1.75 bits per heavy atom. The summed E-state index contributed by atoms with van der Waals surface area (Å²) in [7, 11) is 0. The molecule has 7 heteroatoms. The van der Waals surface area contributed by atoms with Crippen LogP contribution in [0.3, 0.4) is 0 Å². The van der Waals surface area contributed by atoms with E-state index < -0.39 is 0 Å². The first-order valence-corrected chi connectivity index (χ1v) is 9.06. The molecule has 0 radical (unpaired) electrons. The van der Waals surface area contributed by atoms with Gasteiger partial charge in [-0.05, 0) is 24.5 Å². The number of nitrogens with zero attached hydrogens (tertiary/aromatic N) is 4. The van der Waals surface area contributed by atoms with E-state index in [1.54, 1.807) is 30.3 Å². The molecule has 0 saturated carbocycles. The van der Waals surface area contributed by atoms with Crippen LogP contribution in [0.15, 0.2) is 40.8 Å². The minimum atomic E-state index is -0.225. The van der Waals surface area contributed by atoms with Gasteiger partial charge >= 0.3 is 0 Å². The first kappa shape index (κ1) is 19.4. The summed E-state index contributed by atoms with van der Waals surface area (Å²) < 4.78 is 5.91. The van der Waals surface area contributed by atoms with Crippen molar-refractivity contribution >= 4 is 28.7 Å². The molecule has 1 atom stereocenters. The highest BCUT2D eigenvalue weighted by Gasteiger charge is 2.24. The first-order chi connectivity index (χ1) is 13.4. The van der Waals surface area contributed by atoms with Crippen molar-refractivity contribution in [3.05, 3.63) is 75.7 Å². The van der Waals surface area contributed by atoms with Crippen LogP contribution >= 0.6 is 11.6 Å². The van der Waals surface area contributed by atoms with Crippen LogP contribution in [0, 0.1) is 26.0 Å². The number of rotatable bonds is 5. The van der Waals surface area contributed by atoms with Gasteiger partial charge in [-0.1, -0.05) is 55.8 Å². The van der Waals surface area contributed by atoms with Gasteiger partial charge in [-0.3, -0.25) is 0 Å². The zero-order valence-electron chi connectivity index (χ0n) is 15.7. The maximum Gasteiger partial charge on any atom is 0.247 e. The molecule has 0 unspecified atom stereocenters. The fraction of sp³-hybridized carbons (Fsp3) is 0.238. The van der Waals surface area contributed by atoms with Crippen molar-refractivity contribution in [2.75, 3.05) is 5.32 Å². The maximum absolute atomic E-state index is 7.18. The molecule has 0 saturated heterocycles. The minimum Gasteiger partial charge on any atom is -0.418 e. The molecule has 140 valence electrons. The molecule has 1 aromatic heterocycles. The lowest BCUT2D eigenvalue weighted by atomic mass is 10.0. The van der Waals surface area contributed by atoms with Gasteiger partial charge in [0.05, 0.1) is 18.2 Å². The molecule has 0 aliphatic heterocycles. The number of benzene rings is 2. The average Bonchev–Trinajstić information content (AvgIpc) is 3.18. The predicted octanol–water partition coefficient (Wildman–Crippen LogP) is 6.61. The lowest BCUT2D eigenvalue weighted by molar-refractivity contribution is 0.413. The van der Waals surface area contributed by atoms with Crippen LogP contribution in [0.25, 0.3) is 21.1 Å². The topological polar surface area (TPSA) is 59.7 Å². The highest BCUT2D eigenvalue weighted by atomic mass is 35.5. The van der Waals surface area contributed by atoms with Gasteiger partial charge in [0.1, 0.15) is 6.04 Å². The molecule has 0 fully saturated rings. The second-order valence-electron chi connectivity index (χ2n) is 6.65. The third-order valence-electron chi connectivity index (χ3n) is 4.41.